The normalized spacial score (nSPS) is 11.9. The molecule has 7 heteroatoms. The summed E-state index contributed by atoms with van der Waals surface area (Å²) < 4.78 is 16.8. The van der Waals surface area contributed by atoms with Crippen LogP contribution in [0.1, 0.15) is 47.1 Å². The van der Waals surface area contributed by atoms with Gasteiger partial charge in [0.1, 0.15) is 11.2 Å². The number of rotatable bonds is 7. The second-order valence-electron chi connectivity index (χ2n) is 9.14. The van der Waals surface area contributed by atoms with Crippen LogP contribution >= 0.6 is 0 Å². The number of carbonyl (C=O) groups is 2. The van der Waals surface area contributed by atoms with E-state index in [0.717, 1.165) is 5.56 Å². The molecule has 0 atom stereocenters. The molecule has 0 saturated heterocycles. The van der Waals surface area contributed by atoms with Crippen LogP contribution in [0.5, 0.6) is 0 Å². The number of likely N-dealkylation sites (N-methyl/N-ethyl adjacent to an activating group) is 2. The molecule has 7 nitrogen and oxygen atoms in total. The molecule has 0 heterocycles. The van der Waals surface area contributed by atoms with Crippen molar-refractivity contribution >= 4 is 12.2 Å². The smallest absolute Gasteiger partial charge is 0.410 e. The largest absolute Gasteiger partial charge is 0.444 e. The molecule has 0 aliphatic heterocycles. The third-order valence-corrected chi connectivity index (χ3v) is 3.69. The average Bonchev–Trinajstić information content (AvgIpc) is 2.57. The third kappa shape index (κ3) is 10.7. The van der Waals surface area contributed by atoms with Crippen molar-refractivity contribution in [2.24, 2.45) is 0 Å². The van der Waals surface area contributed by atoms with Gasteiger partial charge < -0.3 is 24.0 Å². The van der Waals surface area contributed by atoms with E-state index in [4.69, 9.17) is 14.2 Å². The van der Waals surface area contributed by atoms with Crippen LogP contribution in [-0.2, 0) is 20.8 Å². The fraction of sp³-hybridized carbons (Fsp3) is 0.636. The van der Waals surface area contributed by atoms with E-state index in [2.05, 4.69) is 0 Å². The van der Waals surface area contributed by atoms with E-state index in [0.29, 0.717) is 6.61 Å². The standard InChI is InChI=1S/C22H36N2O5/c1-21(2,3)28-19(25)23(7)14-18(27-16-17-12-10-9-11-13-17)15-24(8)20(26)29-22(4,5)6/h9-13,18H,14-16H2,1-8H3. The van der Waals surface area contributed by atoms with Gasteiger partial charge in [0.25, 0.3) is 0 Å². The summed E-state index contributed by atoms with van der Waals surface area (Å²) in [7, 11) is 3.31. The van der Waals surface area contributed by atoms with Crippen LogP contribution < -0.4 is 0 Å². The maximum absolute atomic E-state index is 12.3. The zero-order valence-corrected chi connectivity index (χ0v) is 19.0. The Morgan fingerprint density at radius 2 is 1.24 bits per heavy atom. The minimum atomic E-state index is -0.584. The lowest BCUT2D eigenvalue weighted by atomic mass is 10.2. The first-order valence-electron chi connectivity index (χ1n) is 9.80. The van der Waals surface area contributed by atoms with Gasteiger partial charge in [-0.25, -0.2) is 9.59 Å². The van der Waals surface area contributed by atoms with E-state index in [1.165, 1.54) is 9.80 Å². The summed E-state index contributed by atoms with van der Waals surface area (Å²) in [6, 6.07) is 9.74. The molecule has 0 radical (unpaired) electrons. The van der Waals surface area contributed by atoms with Crippen molar-refractivity contribution in [1.82, 2.24) is 9.80 Å². The van der Waals surface area contributed by atoms with Gasteiger partial charge in [-0.3, -0.25) is 0 Å². The van der Waals surface area contributed by atoms with Crippen LogP contribution in [0, 0.1) is 0 Å². The molecular formula is C22H36N2O5. The topological polar surface area (TPSA) is 68.3 Å². The predicted octanol–water partition coefficient (Wildman–Crippen LogP) is 4.31. The van der Waals surface area contributed by atoms with Gasteiger partial charge >= 0.3 is 12.2 Å². The Morgan fingerprint density at radius 3 is 1.62 bits per heavy atom. The second-order valence-corrected chi connectivity index (χ2v) is 9.14. The third-order valence-electron chi connectivity index (χ3n) is 3.69. The summed E-state index contributed by atoms with van der Waals surface area (Å²) >= 11 is 0. The summed E-state index contributed by atoms with van der Waals surface area (Å²) in [5.41, 5.74) is -0.157. The van der Waals surface area contributed by atoms with E-state index in [1.54, 1.807) is 14.1 Å². The van der Waals surface area contributed by atoms with E-state index in [-0.39, 0.29) is 13.1 Å². The number of hydrogen-bond acceptors (Lipinski definition) is 5. The summed E-state index contributed by atoms with van der Waals surface area (Å²) in [4.78, 5) is 27.6. The number of hydrogen-bond donors (Lipinski definition) is 0. The Kier molecular flexibility index (Phi) is 8.95. The van der Waals surface area contributed by atoms with Gasteiger partial charge in [-0.05, 0) is 47.1 Å². The second kappa shape index (κ2) is 10.5. The van der Waals surface area contributed by atoms with Gasteiger partial charge in [0.05, 0.1) is 25.8 Å². The highest BCUT2D eigenvalue weighted by Gasteiger charge is 2.26. The highest BCUT2D eigenvalue weighted by Crippen LogP contribution is 2.13. The molecule has 0 aliphatic rings. The molecule has 0 bridgehead atoms. The number of ether oxygens (including phenoxy) is 3. The Morgan fingerprint density at radius 1 is 0.828 bits per heavy atom. The maximum Gasteiger partial charge on any atom is 0.410 e. The quantitative estimate of drug-likeness (QED) is 0.673. The summed E-state index contributed by atoms with van der Waals surface area (Å²) in [6.07, 6.45) is -1.29. The first kappa shape index (κ1) is 24.8. The molecule has 0 spiro atoms. The first-order valence-corrected chi connectivity index (χ1v) is 9.80. The van der Waals surface area contributed by atoms with Crippen LogP contribution in [-0.4, -0.2) is 66.5 Å². The molecule has 29 heavy (non-hydrogen) atoms. The van der Waals surface area contributed by atoms with Gasteiger partial charge in [0.2, 0.25) is 0 Å². The summed E-state index contributed by atoms with van der Waals surface area (Å²) in [5.74, 6) is 0. The van der Waals surface area contributed by atoms with Crippen molar-refractivity contribution in [3.63, 3.8) is 0 Å². The Labute approximate surface area is 174 Å². The predicted molar refractivity (Wildman–Crippen MR) is 113 cm³/mol. The average molecular weight is 409 g/mol. The first-order chi connectivity index (χ1) is 13.3. The van der Waals surface area contributed by atoms with Gasteiger partial charge in [-0.1, -0.05) is 30.3 Å². The Hall–Kier alpha value is -2.28. The minimum absolute atomic E-state index is 0.273. The van der Waals surface area contributed by atoms with E-state index >= 15 is 0 Å². The van der Waals surface area contributed by atoms with Gasteiger partial charge in [-0.15, -0.1) is 0 Å². The van der Waals surface area contributed by atoms with E-state index in [9.17, 15) is 9.59 Å². The van der Waals surface area contributed by atoms with E-state index < -0.39 is 29.5 Å². The molecule has 0 aliphatic carbocycles. The van der Waals surface area contributed by atoms with Gasteiger partial charge in [0.15, 0.2) is 0 Å². The highest BCUT2D eigenvalue weighted by atomic mass is 16.6. The van der Waals surface area contributed by atoms with Crippen molar-refractivity contribution in [1.29, 1.82) is 0 Å². The van der Waals surface area contributed by atoms with Crippen LogP contribution in [0.2, 0.25) is 0 Å². The zero-order valence-electron chi connectivity index (χ0n) is 19.0. The molecule has 0 N–H and O–H groups in total. The zero-order chi connectivity index (χ0) is 22.2. The molecule has 0 saturated carbocycles. The van der Waals surface area contributed by atoms with Crippen LogP contribution in [0.4, 0.5) is 9.59 Å². The molecular weight excluding hydrogens is 372 g/mol. The maximum atomic E-state index is 12.3. The van der Waals surface area contributed by atoms with Crippen molar-refractivity contribution in [2.75, 3.05) is 27.2 Å². The lowest BCUT2D eigenvalue weighted by Gasteiger charge is -2.31. The Balaban J connectivity index is 2.79. The molecule has 0 aromatic heterocycles. The molecule has 164 valence electrons. The summed E-state index contributed by atoms with van der Waals surface area (Å²) in [6.45, 7) is 11.8. The fourth-order valence-electron chi connectivity index (χ4n) is 2.39. The fourth-order valence-corrected chi connectivity index (χ4v) is 2.39. The Bertz CT molecular complexity index is 613. The van der Waals surface area contributed by atoms with Crippen molar-refractivity contribution in [3.8, 4) is 0 Å². The highest BCUT2D eigenvalue weighted by molar-refractivity contribution is 5.68. The molecule has 0 fully saturated rings. The van der Waals surface area contributed by atoms with Crippen LogP contribution in [0.15, 0.2) is 30.3 Å². The summed E-state index contributed by atoms with van der Waals surface area (Å²) in [5, 5.41) is 0. The lowest BCUT2D eigenvalue weighted by molar-refractivity contribution is -0.0189. The number of amides is 2. The van der Waals surface area contributed by atoms with Crippen molar-refractivity contribution in [2.45, 2.75) is 65.5 Å². The van der Waals surface area contributed by atoms with E-state index in [1.807, 2.05) is 71.9 Å². The molecule has 1 aromatic rings. The molecule has 1 rings (SSSR count). The molecule has 0 unspecified atom stereocenters. The molecule has 2 amide bonds. The number of carbonyl (C=O) groups excluding carboxylic acids is 2. The number of benzene rings is 1. The monoisotopic (exact) mass is 408 g/mol. The minimum Gasteiger partial charge on any atom is -0.444 e. The van der Waals surface area contributed by atoms with Gasteiger partial charge in [0, 0.05) is 14.1 Å². The molecule has 1 aromatic carbocycles. The van der Waals surface area contributed by atoms with Crippen molar-refractivity contribution in [3.05, 3.63) is 35.9 Å². The van der Waals surface area contributed by atoms with Crippen LogP contribution in [0.3, 0.4) is 0 Å². The lowest BCUT2D eigenvalue weighted by Crippen LogP contribution is -2.45. The van der Waals surface area contributed by atoms with Gasteiger partial charge in [-0.2, -0.15) is 0 Å². The van der Waals surface area contributed by atoms with Crippen LogP contribution in [0.25, 0.3) is 0 Å². The van der Waals surface area contributed by atoms with Crippen molar-refractivity contribution < 1.29 is 23.8 Å². The number of nitrogens with zero attached hydrogens (tertiary/aromatic N) is 2. The SMILES string of the molecule is CN(CC(CN(C)C(=O)OC(C)(C)C)OCc1ccccc1)C(=O)OC(C)(C)C.